The molecule has 0 unspecified atom stereocenters. The smallest absolute Gasteiger partial charge is 0.226 e. The maximum atomic E-state index is 13.4. The zero-order chi connectivity index (χ0) is 19.9. The molecule has 2 fully saturated rings. The van der Waals surface area contributed by atoms with E-state index in [0.29, 0.717) is 19.8 Å². The Morgan fingerprint density at radius 2 is 1.79 bits per heavy atom. The van der Waals surface area contributed by atoms with E-state index in [2.05, 4.69) is 52.0 Å². The van der Waals surface area contributed by atoms with Crippen molar-refractivity contribution in [1.82, 2.24) is 10.2 Å². The van der Waals surface area contributed by atoms with Gasteiger partial charge in [-0.2, -0.15) is 0 Å². The number of carbonyl (C=O) groups is 1. The molecule has 0 bridgehead atoms. The molecule has 5 nitrogen and oxygen atoms in total. The molecule has 0 atom stereocenters. The SMILES string of the molecule is O=C(NCCN1CCOCC1)C1(Cc2ccccc2-c2cccs2)CCOCC1. The molecule has 0 radical (unpaired) electrons. The van der Waals surface area contributed by atoms with Gasteiger partial charge >= 0.3 is 0 Å². The Labute approximate surface area is 177 Å². The average Bonchev–Trinajstić information content (AvgIpc) is 3.30. The third kappa shape index (κ3) is 5.07. The molecule has 156 valence electrons. The number of morpholine rings is 1. The number of nitrogens with one attached hydrogen (secondary N) is 1. The highest BCUT2D eigenvalue weighted by molar-refractivity contribution is 7.13. The highest BCUT2D eigenvalue weighted by Gasteiger charge is 2.40. The molecule has 0 spiro atoms. The zero-order valence-electron chi connectivity index (χ0n) is 16.9. The van der Waals surface area contributed by atoms with Gasteiger partial charge in [-0.1, -0.05) is 30.3 Å². The summed E-state index contributed by atoms with van der Waals surface area (Å²) in [6, 6.07) is 12.7. The zero-order valence-corrected chi connectivity index (χ0v) is 17.7. The number of thiophene rings is 1. The summed E-state index contributed by atoms with van der Waals surface area (Å²) in [6.45, 7) is 6.34. The molecular weight excluding hydrogens is 384 g/mol. The number of hydrogen-bond acceptors (Lipinski definition) is 5. The number of hydrogen-bond donors (Lipinski definition) is 1. The molecule has 1 aromatic carbocycles. The molecule has 6 heteroatoms. The number of carbonyl (C=O) groups excluding carboxylic acids is 1. The predicted octanol–water partition coefficient (Wildman–Crippen LogP) is 3.20. The first kappa shape index (κ1) is 20.5. The second kappa shape index (κ2) is 9.85. The lowest BCUT2D eigenvalue weighted by Crippen LogP contribution is -2.48. The van der Waals surface area contributed by atoms with Crippen LogP contribution in [0, 0.1) is 5.41 Å². The second-order valence-corrected chi connectivity index (χ2v) is 8.86. The van der Waals surface area contributed by atoms with Gasteiger partial charge in [0.15, 0.2) is 0 Å². The van der Waals surface area contributed by atoms with Gasteiger partial charge in [0, 0.05) is 44.3 Å². The minimum absolute atomic E-state index is 0.176. The molecule has 2 aromatic rings. The minimum Gasteiger partial charge on any atom is -0.381 e. The van der Waals surface area contributed by atoms with Gasteiger partial charge in [0.1, 0.15) is 0 Å². The van der Waals surface area contributed by atoms with E-state index in [1.165, 1.54) is 16.0 Å². The van der Waals surface area contributed by atoms with Gasteiger partial charge in [-0.3, -0.25) is 9.69 Å². The number of ether oxygens (including phenoxy) is 2. The van der Waals surface area contributed by atoms with E-state index in [0.717, 1.165) is 52.1 Å². The van der Waals surface area contributed by atoms with E-state index in [9.17, 15) is 4.79 Å². The number of benzene rings is 1. The molecule has 1 aromatic heterocycles. The van der Waals surface area contributed by atoms with Crippen LogP contribution in [0.2, 0.25) is 0 Å². The summed E-state index contributed by atoms with van der Waals surface area (Å²) >= 11 is 1.75. The lowest BCUT2D eigenvalue weighted by Gasteiger charge is -2.36. The van der Waals surface area contributed by atoms with E-state index in [4.69, 9.17) is 9.47 Å². The van der Waals surface area contributed by atoms with Crippen LogP contribution in [0.5, 0.6) is 0 Å². The van der Waals surface area contributed by atoms with Gasteiger partial charge in [-0.25, -0.2) is 0 Å². The lowest BCUT2D eigenvalue weighted by atomic mass is 9.73. The molecule has 2 aliphatic rings. The van der Waals surface area contributed by atoms with Crippen molar-refractivity contribution < 1.29 is 14.3 Å². The van der Waals surface area contributed by atoms with Crippen LogP contribution < -0.4 is 5.32 Å². The molecule has 0 aliphatic carbocycles. The molecular formula is C23H30N2O3S. The highest BCUT2D eigenvalue weighted by atomic mass is 32.1. The van der Waals surface area contributed by atoms with E-state index < -0.39 is 5.41 Å². The maximum absolute atomic E-state index is 13.4. The van der Waals surface area contributed by atoms with Crippen LogP contribution in [0.25, 0.3) is 10.4 Å². The third-order valence-electron chi connectivity index (χ3n) is 6.08. The van der Waals surface area contributed by atoms with E-state index in [-0.39, 0.29) is 5.91 Å². The minimum atomic E-state index is -0.392. The molecule has 1 N–H and O–H groups in total. The first-order chi connectivity index (χ1) is 14.3. The van der Waals surface area contributed by atoms with Crippen molar-refractivity contribution in [3.63, 3.8) is 0 Å². The van der Waals surface area contributed by atoms with Crippen molar-refractivity contribution in [1.29, 1.82) is 0 Å². The largest absolute Gasteiger partial charge is 0.381 e. The summed E-state index contributed by atoms with van der Waals surface area (Å²) in [4.78, 5) is 17.0. The Morgan fingerprint density at radius 1 is 1.03 bits per heavy atom. The monoisotopic (exact) mass is 414 g/mol. The van der Waals surface area contributed by atoms with Crippen molar-refractivity contribution in [2.45, 2.75) is 19.3 Å². The summed E-state index contributed by atoms with van der Waals surface area (Å²) in [5.41, 5.74) is 2.10. The Kier molecular flexibility index (Phi) is 6.98. The van der Waals surface area contributed by atoms with Gasteiger partial charge in [0.2, 0.25) is 5.91 Å². The lowest BCUT2D eigenvalue weighted by molar-refractivity contribution is -0.136. The van der Waals surface area contributed by atoms with Gasteiger partial charge in [0.05, 0.1) is 18.6 Å². The second-order valence-electron chi connectivity index (χ2n) is 7.91. The first-order valence-electron chi connectivity index (χ1n) is 10.5. The fraction of sp³-hybridized carbons (Fsp3) is 0.522. The van der Waals surface area contributed by atoms with Gasteiger partial charge in [-0.05, 0) is 41.8 Å². The van der Waals surface area contributed by atoms with Gasteiger partial charge < -0.3 is 14.8 Å². The molecule has 1 amide bonds. The molecule has 3 heterocycles. The quantitative estimate of drug-likeness (QED) is 0.756. The fourth-order valence-electron chi connectivity index (χ4n) is 4.30. The Balaban J connectivity index is 1.46. The Hall–Kier alpha value is -1.73. The number of nitrogens with zero attached hydrogens (tertiary/aromatic N) is 1. The summed E-state index contributed by atoms with van der Waals surface area (Å²) < 4.78 is 11.0. The average molecular weight is 415 g/mol. The summed E-state index contributed by atoms with van der Waals surface area (Å²) in [7, 11) is 0. The maximum Gasteiger partial charge on any atom is 0.226 e. The fourth-order valence-corrected chi connectivity index (χ4v) is 5.08. The Morgan fingerprint density at radius 3 is 2.55 bits per heavy atom. The van der Waals surface area contributed by atoms with E-state index in [1.54, 1.807) is 11.3 Å². The van der Waals surface area contributed by atoms with Crippen molar-refractivity contribution in [3.05, 3.63) is 47.3 Å². The van der Waals surface area contributed by atoms with Crippen LogP contribution in [0.1, 0.15) is 18.4 Å². The standard InChI is InChI=1S/C23H30N2O3S/c26-22(24-9-10-25-11-15-28-16-12-25)23(7-13-27-14-8-23)18-19-4-1-2-5-20(19)21-6-3-17-29-21/h1-6,17H,7-16,18H2,(H,24,26). The third-order valence-corrected chi connectivity index (χ3v) is 6.98. The number of amides is 1. The van der Waals surface area contributed by atoms with Crippen molar-refractivity contribution in [2.75, 3.05) is 52.6 Å². The van der Waals surface area contributed by atoms with Crippen LogP contribution in [-0.4, -0.2) is 63.4 Å². The van der Waals surface area contributed by atoms with Crippen LogP contribution in [0.4, 0.5) is 0 Å². The summed E-state index contributed by atoms with van der Waals surface area (Å²) in [5.74, 6) is 0.176. The topological polar surface area (TPSA) is 50.8 Å². The first-order valence-corrected chi connectivity index (χ1v) is 11.4. The summed E-state index contributed by atoms with van der Waals surface area (Å²) in [6.07, 6.45) is 2.30. The normalized spacial score (nSPS) is 19.7. The van der Waals surface area contributed by atoms with Crippen molar-refractivity contribution in [2.24, 2.45) is 5.41 Å². The predicted molar refractivity (Wildman–Crippen MR) is 116 cm³/mol. The number of rotatable bonds is 7. The molecule has 4 rings (SSSR count). The Bertz CT molecular complexity index is 781. The van der Waals surface area contributed by atoms with Crippen molar-refractivity contribution >= 4 is 17.2 Å². The van der Waals surface area contributed by atoms with Crippen LogP contribution in [0.15, 0.2) is 41.8 Å². The van der Waals surface area contributed by atoms with Gasteiger partial charge in [-0.15, -0.1) is 11.3 Å². The van der Waals surface area contributed by atoms with E-state index in [1.807, 2.05) is 0 Å². The van der Waals surface area contributed by atoms with Crippen LogP contribution in [-0.2, 0) is 20.7 Å². The molecule has 29 heavy (non-hydrogen) atoms. The van der Waals surface area contributed by atoms with E-state index >= 15 is 0 Å². The summed E-state index contributed by atoms with van der Waals surface area (Å²) in [5, 5.41) is 5.35. The molecule has 0 saturated carbocycles. The van der Waals surface area contributed by atoms with Crippen LogP contribution in [0.3, 0.4) is 0 Å². The van der Waals surface area contributed by atoms with Crippen molar-refractivity contribution in [3.8, 4) is 10.4 Å². The molecule has 2 saturated heterocycles. The highest BCUT2D eigenvalue weighted by Crippen LogP contribution is 2.38. The van der Waals surface area contributed by atoms with Crippen LogP contribution >= 0.6 is 11.3 Å². The van der Waals surface area contributed by atoms with Gasteiger partial charge in [0.25, 0.3) is 0 Å². The molecule has 2 aliphatic heterocycles.